The van der Waals surface area contributed by atoms with Crippen LogP contribution in [0.5, 0.6) is 0 Å². The van der Waals surface area contributed by atoms with E-state index in [1.165, 1.54) is 12.3 Å². The molecule has 0 aromatic carbocycles. The van der Waals surface area contributed by atoms with Gasteiger partial charge in [0.25, 0.3) is 5.56 Å². The molecule has 0 aliphatic carbocycles. The van der Waals surface area contributed by atoms with Gasteiger partial charge in [-0.05, 0) is 28.1 Å². The molecule has 0 amide bonds. The lowest BCUT2D eigenvalue weighted by Gasteiger charge is -2.05. The van der Waals surface area contributed by atoms with Gasteiger partial charge in [0.15, 0.2) is 0 Å². The highest BCUT2D eigenvalue weighted by atomic mass is 79.9. The van der Waals surface area contributed by atoms with Gasteiger partial charge in [0, 0.05) is 41.0 Å². The third-order valence-electron chi connectivity index (χ3n) is 2.28. The molecule has 0 saturated heterocycles. The third-order valence-corrected chi connectivity index (χ3v) is 3.98. The second-order valence-corrected chi connectivity index (χ2v) is 5.65. The van der Waals surface area contributed by atoms with Crippen LogP contribution in [0.4, 0.5) is 5.95 Å². The highest BCUT2D eigenvalue weighted by Gasteiger charge is 2.00. The molecule has 2 N–H and O–H groups in total. The number of H-pyrrole nitrogens is 1. The summed E-state index contributed by atoms with van der Waals surface area (Å²) in [6, 6.07) is 5.27. The largest absolute Gasteiger partial charge is 0.355 e. The van der Waals surface area contributed by atoms with E-state index in [4.69, 9.17) is 0 Å². The van der Waals surface area contributed by atoms with E-state index in [1.807, 2.05) is 12.1 Å². The monoisotopic (exact) mass is 340 g/mol. The van der Waals surface area contributed by atoms with Crippen LogP contribution in [0.1, 0.15) is 5.69 Å². The highest BCUT2D eigenvalue weighted by molar-refractivity contribution is 9.10. The van der Waals surface area contributed by atoms with E-state index in [1.54, 1.807) is 18.0 Å². The molecule has 0 bridgehead atoms. The first-order chi connectivity index (χ1) is 9.25. The Hall–Kier alpha value is -1.34. The quantitative estimate of drug-likeness (QED) is 0.789. The summed E-state index contributed by atoms with van der Waals surface area (Å²) in [4.78, 5) is 22.0. The normalized spacial score (nSPS) is 10.4. The Labute approximate surface area is 123 Å². The fourth-order valence-electron chi connectivity index (χ4n) is 1.40. The topological polar surface area (TPSA) is 70.7 Å². The molecule has 19 heavy (non-hydrogen) atoms. The molecule has 7 heteroatoms. The van der Waals surface area contributed by atoms with Crippen molar-refractivity contribution in [2.45, 2.75) is 5.75 Å². The van der Waals surface area contributed by atoms with E-state index in [2.05, 4.69) is 36.2 Å². The maximum atomic E-state index is 11.0. The van der Waals surface area contributed by atoms with Gasteiger partial charge < -0.3 is 5.32 Å². The Morgan fingerprint density at radius 1 is 1.32 bits per heavy atom. The molecule has 5 nitrogen and oxygen atoms in total. The Balaban J connectivity index is 1.70. The first kappa shape index (κ1) is 14.1. The SMILES string of the molecule is O=c1ccnc(NCCSCc2ncccc2Br)[nH]1. The van der Waals surface area contributed by atoms with Crippen molar-refractivity contribution in [1.82, 2.24) is 15.0 Å². The maximum absolute atomic E-state index is 11.0. The number of aromatic amines is 1. The van der Waals surface area contributed by atoms with Crippen molar-refractivity contribution < 1.29 is 0 Å². The van der Waals surface area contributed by atoms with E-state index in [-0.39, 0.29) is 5.56 Å². The summed E-state index contributed by atoms with van der Waals surface area (Å²) in [5.74, 6) is 2.26. The average Bonchev–Trinajstić information content (AvgIpc) is 2.40. The van der Waals surface area contributed by atoms with Gasteiger partial charge in [0.1, 0.15) is 0 Å². The Kier molecular flexibility index (Phi) is 5.41. The summed E-state index contributed by atoms with van der Waals surface area (Å²) in [5, 5.41) is 3.07. The zero-order valence-corrected chi connectivity index (χ0v) is 12.5. The molecule has 100 valence electrons. The molecule has 0 saturated carbocycles. The minimum absolute atomic E-state index is 0.150. The predicted octanol–water partition coefficient (Wildman–Crippen LogP) is 2.27. The molecular formula is C12H13BrN4OS. The van der Waals surface area contributed by atoms with Gasteiger partial charge in [0.05, 0.1) is 5.69 Å². The second-order valence-electron chi connectivity index (χ2n) is 3.69. The Morgan fingerprint density at radius 3 is 3.00 bits per heavy atom. The fourth-order valence-corrected chi connectivity index (χ4v) is 2.79. The molecule has 2 heterocycles. The molecule has 0 aliphatic heterocycles. The number of pyridine rings is 1. The molecule has 0 unspecified atom stereocenters. The van der Waals surface area contributed by atoms with Crippen molar-refractivity contribution in [3.63, 3.8) is 0 Å². The van der Waals surface area contributed by atoms with Gasteiger partial charge in [-0.2, -0.15) is 11.8 Å². The summed E-state index contributed by atoms with van der Waals surface area (Å²) >= 11 is 5.24. The number of hydrogen-bond acceptors (Lipinski definition) is 5. The van der Waals surface area contributed by atoms with Crippen LogP contribution >= 0.6 is 27.7 Å². The number of thioether (sulfide) groups is 1. The number of rotatable bonds is 6. The number of halogens is 1. The lowest BCUT2D eigenvalue weighted by Crippen LogP contribution is -2.13. The number of anilines is 1. The van der Waals surface area contributed by atoms with Crippen LogP contribution in [0, 0.1) is 0 Å². The number of nitrogens with zero attached hydrogens (tertiary/aromatic N) is 2. The van der Waals surface area contributed by atoms with Crippen LogP contribution in [0.15, 0.2) is 39.9 Å². The average molecular weight is 341 g/mol. The molecule has 2 rings (SSSR count). The highest BCUT2D eigenvalue weighted by Crippen LogP contribution is 2.18. The first-order valence-corrected chi connectivity index (χ1v) is 7.67. The van der Waals surface area contributed by atoms with Crippen LogP contribution in [-0.2, 0) is 5.75 Å². The van der Waals surface area contributed by atoms with Crippen molar-refractivity contribution in [3.8, 4) is 0 Å². The van der Waals surface area contributed by atoms with Gasteiger partial charge in [-0.3, -0.25) is 14.8 Å². The molecule has 0 aliphatic rings. The Morgan fingerprint density at radius 2 is 2.21 bits per heavy atom. The molecule has 2 aromatic heterocycles. The Bertz CT molecular complexity index is 590. The first-order valence-electron chi connectivity index (χ1n) is 5.72. The summed E-state index contributed by atoms with van der Waals surface area (Å²) in [5.41, 5.74) is 0.890. The van der Waals surface area contributed by atoms with E-state index >= 15 is 0 Å². The maximum Gasteiger partial charge on any atom is 0.252 e. The van der Waals surface area contributed by atoms with Crippen LogP contribution in [0.2, 0.25) is 0 Å². The zero-order chi connectivity index (χ0) is 13.5. The summed E-state index contributed by atoms with van der Waals surface area (Å²) < 4.78 is 1.03. The summed E-state index contributed by atoms with van der Waals surface area (Å²) in [6.07, 6.45) is 3.27. The lowest BCUT2D eigenvalue weighted by molar-refractivity contribution is 1.06. The predicted molar refractivity (Wildman–Crippen MR) is 81.4 cm³/mol. The number of hydrogen-bond donors (Lipinski definition) is 2. The third kappa shape index (κ3) is 4.68. The van der Waals surface area contributed by atoms with E-state index in [9.17, 15) is 4.79 Å². The van der Waals surface area contributed by atoms with Gasteiger partial charge in [-0.25, -0.2) is 4.98 Å². The van der Waals surface area contributed by atoms with Crippen LogP contribution in [0.25, 0.3) is 0 Å². The van der Waals surface area contributed by atoms with Crippen LogP contribution in [0.3, 0.4) is 0 Å². The standard InChI is InChI=1S/C12H13BrN4OS/c13-9-2-1-4-14-10(9)8-19-7-6-16-12-15-5-3-11(18)17-12/h1-5H,6-8H2,(H2,15,16,17,18). The van der Waals surface area contributed by atoms with Crippen molar-refractivity contribution >= 4 is 33.6 Å². The fraction of sp³-hybridized carbons (Fsp3) is 0.250. The molecular weight excluding hydrogens is 328 g/mol. The molecule has 0 spiro atoms. The summed E-state index contributed by atoms with van der Waals surface area (Å²) in [6.45, 7) is 0.738. The van der Waals surface area contributed by atoms with Crippen molar-refractivity contribution in [1.29, 1.82) is 0 Å². The molecule has 0 radical (unpaired) electrons. The lowest BCUT2D eigenvalue weighted by atomic mass is 10.4. The molecule has 0 fully saturated rings. The van der Waals surface area contributed by atoms with Crippen molar-refractivity contribution in [2.75, 3.05) is 17.6 Å². The van der Waals surface area contributed by atoms with Crippen LogP contribution < -0.4 is 10.9 Å². The number of nitrogens with one attached hydrogen (secondary N) is 2. The second kappa shape index (κ2) is 7.30. The van der Waals surface area contributed by atoms with Crippen LogP contribution in [-0.4, -0.2) is 27.2 Å². The van der Waals surface area contributed by atoms with Gasteiger partial charge in [0.2, 0.25) is 5.95 Å². The molecule has 0 atom stereocenters. The van der Waals surface area contributed by atoms with Gasteiger partial charge in [-0.15, -0.1) is 0 Å². The minimum atomic E-state index is -0.150. The summed E-state index contributed by atoms with van der Waals surface area (Å²) in [7, 11) is 0. The number of aromatic nitrogens is 3. The van der Waals surface area contributed by atoms with Gasteiger partial charge >= 0.3 is 0 Å². The smallest absolute Gasteiger partial charge is 0.252 e. The van der Waals surface area contributed by atoms with E-state index in [0.717, 1.165) is 28.2 Å². The van der Waals surface area contributed by atoms with Crippen molar-refractivity contribution in [2.24, 2.45) is 0 Å². The van der Waals surface area contributed by atoms with Gasteiger partial charge in [-0.1, -0.05) is 0 Å². The van der Waals surface area contributed by atoms with E-state index in [0.29, 0.717) is 5.95 Å². The van der Waals surface area contributed by atoms with E-state index < -0.39 is 0 Å². The zero-order valence-electron chi connectivity index (χ0n) is 10.1. The minimum Gasteiger partial charge on any atom is -0.355 e. The van der Waals surface area contributed by atoms with Crippen molar-refractivity contribution in [3.05, 3.63) is 51.1 Å². The molecule has 2 aromatic rings.